The van der Waals surface area contributed by atoms with Gasteiger partial charge >= 0.3 is 0 Å². The van der Waals surface area contributed by atoms with E-state index in [1.807, 2.05) is 35.8 Å². The number of carbonyl (C=O) groups is 1. The van der Waals surface area contributed by atoms with Crippen LogP contribution in [0.2, 0.25) is 10.0 Å². The summed E-state index contributed by atoms with van der Waals surface area (Å²) in [6.07, 6.45) is 3.20. The Morgan fingerprint density at radius 2 is 1.82 bits per heavy atom. The Morgan fingerprint density at radius 1 is 1.07 bits per heavy atom. The van der Waals surface area contributed by atoms with Crippen LogP contribution in [0.15, 0.2) is 59.8 Å². The van der Waals surface area contributed by atoms with Crippen molar-refractivity contribution in [2.24, 2.45) is 5.73 Å². The first-order valence-electron chi connectivity index (χ1n) is 13.3. The second-order valence-corrected chi connectivity index (χ2v) is 11.6. The monoisotopic (exact) mass is 598 g/mol. The third-order valence-electron chi connectivity index (χ3n) is 7.35. The topological polar surface area (TPSA) is 82.6 Å². The van der Waals surface area contributed by atoms with E-state index in [0.29, 0.717) is 38.2 Å². The number of carbonyl (C=O) groups excluding carboxylic acids is 1. The molecule has 210 valence electrons. The van der Waals surface area contributed by atoms with Gasteiger partial charge < -0.3 is 20.1 Å². The van der Waals surface area contributed by atoms with Crippen LogP contribution < -0.4 is 15.2 Å². The van der Waals surface area contributed by atoms with Crippen LogP contribution >= 0.6 is 35.8 Å². The summed E-state index contributed by atoms with van der Waals surface area (Å²) in [6.45, 7) is 8.33. The van der Waals surface area contributed by atoms with Crippen molar-refractivity contribution in [1.82, 2.24) is 14.5 Å². The van der Waals surface area contributed by atoms with Crippen molar-refractivity contribution in [2.45, 2.75) is 56.8 Å². The van der Waals surface area contributed by atoms with E-state index in [-0.39, 0.29) is 11.7 Å². The second-order valence-electron chi connectivity index (χ2n) is 10.3. The molecule has 0 spiro atoms. The Balaban J connectivity index is 1.42. The van der Waals surface area contributed by atoms with Crippen molar-refractivity contribution in [3.8, 4) is 17.2 Å². The maximum Gasteiger partial charge on any atom is 0.250 e. The summed E-state index contributed by atoms with van der Waals surface area (Å²) in [5.41, 5.74) is 8.89. The van der Waals surface area contributed by atoms with Crippen molar-refractivity contribution in [2.75, 3.05) is 13.1 Å². The lowest BCUT2D eigenvalue weighted by Gasteiger charge is -2.34. The number of rotatable bonds is 8. The number of fused-ring (bicyclic) bond motifs is 1. The highest BCUT2D eigenvalue weighted by Crippen LogP contribution is 2.38. The number of nitrogens with two attached hydrogens (primary N) is 1. The molecule has 1 aliphatic heterocycles. The molecule has 0 bridgehead atoms. The van der Waals surface area contributed by atoms with Crippen LogP contribution in [-0.2, 0) is 0 Å². The molecule has 1 fully saturated rings. The minimum Gasteiger partial charge on any atom is -0.489 e. The number of primary amides is 1. The van der Waals surface area contributed by atoms with E-state index in [1.54, 1.807) is 30.6 Å². The molecular formula is C30H32Cl2N4O3S. The quantitative estimate of drug-likeness (QED) is 0.211. The molecule has 1 saturated heterocycles. The fourth-order valence-corrected chi connectivity index (χ4v) is 5.86. The van der Waals surface area contributed by atoms with Gasteiger partial charge in [0.2, 0.25) is 5.91 Å². The van der Waals surface area contributed by atoms with Gasteiger partial charge in [0, 0.05) is 35.8 Å². The molecule has 0 aliphatic carbocycles. The molecule has 1 aliphatic rings. The first-order chi connectivity index (χ1) is 19.1. The molecule has 5 rings (SSSR count). The molecule has 7 nitrogen and oxygen atoms in total. The molecule has 2 heterocycles. The normalized spacial score (nSPS) is 15.5. The Bertz CT molecular complexity index is 1550. The fraction of sp³-hybridized carbons (Fsp3) is 0.333. The van der Waals surface area contributed by atoms with Crippen molar-refractivity contribution in [1.29, 1.82) is 0 Å². The number of nitrogens with zero attached hydrogens (tertiary/aromatic N) is 3. The number of benzene rings is 3. The van der Waals surface area contributed by atoms with Crippen LogP contribution in [0.3, 0.4) is 0 Å². The fourth-order valence-electron chi connectivity index (χ4n) is 5.08. The maximum atomic E-state index is 12.3. The van der Waals surface area contributed by atoms with Gasteiger partial charge in [0.1, 0.15) is 30.0 Å². The zero-order valence-electron chi connectivity index (χ0n) is 22.6. The summed E-state index contributed by atoms with van der Waals surface area (Å²) < 4.78 is 14.6. The Kier molecular flexibility index (Phi) is 8.52. The molecule has 4 aromatic rings. The maximum absolute atomic E-state index is 12.3. The van der Waals surface area contributed by atoms with Gasteiger partial charge in [-0.2, -0.15) is 0 Å². The van der Waals surface area contributed by atoms with Crippen LogP contribution in [0.4, 0.5) is 0 Å². The third-order valence-corrected chi connectivity index (χ3v) is 8.45. The van der Waals surface area contributed by atoms with Crippen LogP contribution in [0.1, 0.15) is 55.6 Å². The number of aromatic nitrogens is 2. The number of halogens is 2. The lowest BCUT2D eigenvalue weighted by atomic mass is 10.1. The van der Waals surface area contributed by atoms with Crippen LogP contribution in [0.5, 0.6) is 11.5 Å². The van der Waals surface area contributed by atoms with Gasteiger partial charge in [0.15, 0.2) is 0 Å². The molecule has 3 aromatic carbocycles. The van der Waals surface area contributed by atoms with Gasteiger partial charge in [0.05, 0.1) is 32.2 Å². The number of hydrogen-bond donors (Lipinski definition) is 2. The highest BCUT2D eigenvalue weighted by molar-refractivity contribution is 7.80. The van der Waals surface area contributed by atoms with Gasteiger partial charge in [-0.15, -0.1) is 12.6 Å². The van der Waals surface area contributed by atoms with E-state index in [0.717, 1.165) is 42.5 Å². The highest BCUT2D eigenvalue weighted by Gasteiger charge is 2.24. The second kappa shape index (κ2) is 11.9. The highest BCUT2D eigenvalue weighted by atomic mass is 35.5. The smallest absolute Gasteiger partial charge is 0.250 e. The van der Waals surface area contributed by atoms with Crippen molar-refractivity contribution >= 4 is 52.8 Å². The number of piperidine rings is 1. The number of likely N-dealkylation sites (tertiary alicyclic amines) is 1. The van der Waals surface area contributed by atoms with Crippen molar-refractivity contribution in [3.05, 3.63) is 76.0 Å². The van der Waals surface area contributed by atoms with Crippen LogP contribution in [0.25, 0.3) is 16.7 Å². The largest absolute Gasteiger partial charge is 0.489 e. The standard InChI is InChI=1S/C30H32Cl2N4O3S/c1-17(2)35-11-9-21(10-12-35)39-26-6-4-5-22(28(26)32)18(3)38-27-15-20(14-23(29(27)40)30(33)37)36-16-34-24-13-19(31)7-8-25(24)36/h4-8,13-18,21,40H,9-12H2,1-3H3,(H2,33,37)/t18-/m1/s1. The molecular weight excluding hydrogens is 567 g/mol. The molecule has 2 N–H and O–H groups in total. The SMILES string of the molecule is CC(C)N1CCC(Oc2cccc([C@@H](C)Oc3cc(-n4cnc5cc(Cl)ccc54)cc(C(N)=O)c3S)c2Cl)CC1. The Hall–Kier alpha value is -2.91. The summed E-state index contributed by atoms with van der Waals surface area (Å²) in [5, 5.41) is 1.09. The third kappa shape index (κ3) is 5.91. The van der Waals surface area contributed by atoms with Gasteiger partial charge in [-0.25, -0.2) is 4.98 Å². The predicted molar refractivity (Wildman–Crippen MR) is 163 cm³/mol. The van der Waals surface area contributed by atoms with E-state index in [9.17, 15) is 4.79 Å². The molecule has 40 heavy (non-hydrogen) atoms. The first-order valence-corrected chi connectivity index (χ1v) is 14.5. The van der Waals surface area contributed by atoms with E-state index >= 15 is 0 Å². The molecule has 0 unspecified atom stereocenters. The molecule has 0 radical (unpaired) electrons. The summed E-state index contributed by atoms with van der Waals surface area (Å²) >= 11 is 17.6. The van der Waals surface area contributed by atoms with Crippen molar-refractivity contribution < 1.29 is 14.3 Å². The zero-order chi connectivity index (χ0) is 28.6. The van der Waals surface area contributed by atoms with E-state index < -0.39 is 12.0 Å². The van der Waals surface area contributed by atoms with E-state index in [2.05, 4.69) is 36.4 Å². The first kappa shape index (κ1) is 28.6. The Morgan fingerprint density at radius 3 is 2.52 bits per heavy atom. The van der Waals surface area contributed by atoms with Gasteiger partial charge in [-0.05, 0) is 63.9 Å². The van der Waals surface area contributed by atoms with Crippen LogP contribution in [0, 0.1) is 0 Å². The zero-order valence-corrected chi connectivity index (χ0v) is 25.0. The molecule has 10 heteroatoms. The number of imidazole rings is 1. The minimum absolute atomic E-state index is 0.109. The molecule has 0 saturated carbocycles. The Labute approximate surface area is 249 Å². The van der Waals surface area contributed by atoms with Gasteiger partial charge in [-0.1, -0.05) is 35.3 Å². The summed E-state index contributed by atoms with van der Waals surface area (Å²) in [6, 6.07) is 15.1. The number of amides is 1. The van der Waals surface area contributed by atoms with E-state index in [1.165, 1.54) is 0 Å². The number of thiol groups is 1. The predicted octanol–water partition coefficient (Wildman–Crippen LogP) is 7.11. The van der Waals surface area contributed by atoms with Crippen LogP contribution in [-0.4, -0.2) is 45.6 Å². The number of ether oxygens (including phenoxy) is 2. The lowest BCUT2D eigenvalue weighted by Crippen LogP contribution is -2.41. The molecule has 1 atom stereocenters. The minimum atomic E-state index is -0.617. The average molecular weight is 600 g/mol. The summed E-state index contributed by atoms with van der Waals surface area (Å²) in [4.78, 5) is 19.6. The molecule has 1 amide bonds. The molecule has 1 aromatic heterocycles. The van der Waals surface area contributed by atoms with Gasteiger partial charge in [0.25, 0.3) is 0 Å². The van der Waals surface area contributed by atoms with Crippen molar-refractivity contribution in [3.63, 3.8) is 0 Å². The lowest BCUT2D eigenvalue weighted by molar-refractivity contribution is 0.0841. The summed E-state index contributed by atoms with van der Waals surface area (Å²) in [7, 11) is 0. The van der Waals surface area contributed by atoms with Gasteiger partial charge in [-0.3, -0.25) is 9.36 Å². The number of hydrogen-bond acceptors (Lipinski definition) is 6. The summed E-state index contributed by atoms with van der Waals surface area (Å²) in [5.74, 6) is 0.411. The van der Waals surface area contributed by atoms with E-state index in [4.69, 9.17) is 38.4 Å². The average Bonchev–Trinajstić information content (AvgIpc) is 3.34.